The van der Waals surface area contributed by atoms with Gasteiger partial charge in [-0.25, -0.2) is 4.39 Å². The van der Waals surface area contributed by atoms with E-state index in [0.717, 1.165) is 26.1 Å². The van der Waals surface area contributed by atoms with E-state index in [4.69, 9.17) is 4.74 Å². The van der Waals surface area contributed by atoms with Crippen molar-refractivity contribution >= 4 is 11.8 Å². The molecule has 29 heavy (non-hydrogen) atoms. The highest BCUT2D eigenvalue weighted by Gasteiger charge is 2.41. The quantitative estimate of drug-likeness (QED) is 0.774. The summed E-state index contributed by atoms with van der Waals surface area (Å²) in [5.41, 5.74) is 0. The number of nitrogens with zero attached hydrogens (tertiary/aromatic N) is 3. The van der Waals surface area contributed by atoms with Gasteiger partial charge in [-0.1, -0.05) is 12.5 Å². The number of carbonyl (C=O) groups is 2. The van der Waals surface area contributed by atoms with E-state index in [1.807, 2.05) is 4.90 Å². The van der Waals surface area contributed by atoms with Crippen LogP contribution < -0.4 is 4.74 Å². The number of hydrogen-bond acceptors (Lipinski definition) is 4. The first-order valence-electron chi connectivity index (χ1n) is 10.7. The second kappa shape index (κ2) is 8.69. The first-order chi connectivity index (χ1) is 14.0. The standard InChI is InChI=1S/C22H30FN3O3/c1-16(27)26-15-20(29-19-8-2-5-17(23)13-19)14-21(26)22(28)25-10-4-9-24(11-12-25)18-6-3-7-18/h2,5,8,13,18,20-21H,3-4,6-7,9-12,14-15H2,1H3/t20-,21-/m0/s1. The van der Waals surface area contributed by atoms with E-state index in [9.17, 15) is 14.0 Å². The van der Waals surface area contributed by atoms with E-state index in [1.165, 1.54) is 38.3 Å². The van der Waals surface area contributed by atoms with Crippen LogP contribution in [0, 0.1) is 5.82 Å². The van der Waals surface area contributed by atoms with Crippen LogP contribution in [0.15, 0.2) is 24.3 Å². The van der Waals surface area contributed by atoms with E-state index in [0.29, 0.717) is 31.3 Å². The van der Waals surface area contributed by atoms with Crippen molar-refractivity contribution in [3.63, 3.8) is 0 Å². The molecule has 7 heteroatoms. The molecule has 0 unspecified atom stereocenters. The van der Waals surface area contributed by atoms with Crippen LogP contribution in [0.4, 0.5) is 4.39 Å². The molecule has 2 atom stereocenters. The predicted octanol–water partition coefficient (Wildman–Crippen LogP) is 2.28. The van der Waals surface area contributed by atoms with Gasteiger partial charge in [0.15, 0.2) is 0 Å². The lowest BCUT2D eigenvalue weighted by molar-refractivity contribution is -0.142. The van der Waals surface area contributed by atoms with Crippen molar-refractivity contribution < 1.29 is 18.7 Å². The Morgan fingerprint density at radius 2 is 1.93 bits per heavy atom. The van der Waals surface area contributed by atoms with Crippen molar-refractivity contribution in [1.82, 2.24) is 14.7 Å². The van der Waals surface area contributed by atoms with Gasteiger partial charge in [0.1, 0.15) is 23.7 Å². The van der Waals surface area contributed by atoms with Gasteiger partial charge in [0.25, 0.3) is 0 Å². The number of carbonyl (C=O) groups excluding carboxylic acids is 2. The van der Waals surface area contributed by atoms with Gasteiger partial charge in [0.05, 0.1) is 6.54 Å². The van der Waals surface area contributed by atoms with Crippen LogP contribution in [0.25, 0.3) is 0 Å². The molecule has 0 radical (unpaired) electrons. The maximum Gasteiger partial charge on any atom is 0.245 e. The molecule has 4 rings (SSSR count). The molecular weight excluding hydrogens is 373 g/mol. The number of benzene rings is 1. The lowest BCUT2D eigenvalue weighted by Gasteiger charge is -2.36. The molecule has 1 aromatic rings. The molecule has 0 spiro atoms. The summed E-state index contributed by atoms with van der Waals surface area (Å²) in [7, 11) is 0. The molecule has 0 N–H and O–H groups in total. The maximum absolute atomic E-state index is 13.4. The summed E-state index contributed by atoms with van der Waals surface area (Å²) >= 11 is 0. The molecule has 1 aliphatic carbocycles. The lowest BCUT2D eigenvalue weighted by Crippen LogP contribution is -2.48. The van der Waals surface area contributed by atoms with Crippen LogP contribution in [0.1, 0.15) is 39.0 Å². The Bertz CT molecular complexity index is 755. The van der Waals surface area contributed by atoms with Crippen LogP contribution in [-0.4, -0.2) is 77.4 Å². The molecule has 158 valence electrons. The fourth-order valence-electron chi connectivity index (χ4n) is 4.68. The monoisotopic (exact) mass is 403 g/mol. The molecule has 2 heterocycles. The molecule has 6 nitrogen and oxygen atoms in total. The summed E-state index contributed by atoms with van der Waals surface area (Å²) < 4.78 is 19.3. The van der Waals surface area contributed by atoms with Gasteiger partial charge in [0.2, 0.25) is 11.8 Å². The number of hydrogen-bond donors (Lipinski definition) is 0. The zero-order valence-electron chi connectivity index (χ0n) is 17.1. The minimum absolute atomic E-state index is 0.0148. The van der Waals surface area contributed by atoms with Gasteiger partial charge >= 0.3 is 0 Å². The number of likely N-dealkylation sites (tertiary alicyclic amines) is 1. The second-order valence-corrected chi connectivity index (χ2v) is 8.42. The normalized spacial score (nSPS) is 26.1. The van der Waals surface area contributed by atoms with E-state index in [1.54, 1.807) is 17.0 Å². The van der Waals surface area contributed by atoms with Gasteiger partial charge in [-0.05, 0) is 31.4 Å². The van der Waals surface area contributed by atoms with Crippen molar-refractivity contribution in [2.24, 2.45) is 0 Å². The molecule has 0 aromatic heterocycles. The summed E-state index contributed by atoms with van der Waals surface area (Å²) in [5, 5.41) is 0. The first kappa shape index (κ1) is 20.1. The molecule has 2 aliphatic heterocycles. The Balaban J connectivity index is 1.40. The van der Waals surface area contributed by atoms with Gasteiger partial charge in [0, 0.05) is 51.6 Å². The largest absolute Gasteiger partial charge is 0.488 e. The smallest absolute Gasteiger partial charge is 0.245 e. The van der Waals surface area contributed by atoms with Gasteiger partial charge in [-0.3, -0.25) is 14.5 Å². The van der Waals surface area contributed by atoms with Crippen molar-refractivity contribution in [2.45, 2.75) is 57.2 Å². The lowest BCUT2D eigenvalue weighted by atomic mass is 9.91. The van der Waals surface area contributed by atoms with Gasteiger partial charge in [-0.2, -0.15) is 0 Å². The predicted molar refractivity (Wildman–Crippen MR) is 107 cm³/mol. The SMILES string of the molecule is CC(=O)N1C[C@@H](Oc2cccc(F)c2)C[C@H]1C(=O)N1CCCN(C2CCC2)CC1. The Morgan fingerprint density at radius 3 is 2.62 bits per heavy atom. The van der Waals surface area contributed by atoms with E-state index in [-0.39, 0.29) is 23.7 Å². The summed E-state index contributed by atoms with van der Waals surface area (Å²) in [6.07, 6.45) is 4.96. The number of halogens is 1. The van der Waals surface area contributed by atoms with Crippen molar-refractivity contribution in [3.05, 3.63) is 30.1 Å². The Labute approximate surface area is 171 Å². The summed E-state index contributed by atoms with van der Waals surface area (Å²) in [5.74, 6) is -0.0461. The fraction of sp³-hybridized carbons (Fsp3) is 0.636. The molecule has 2 amide bonds. The van der Waals surface area contributed by atoms with E-state index < -0.39 is 6.04 Å². The highest BCUT2D eigenvalue weighted by Crippen LogP contribution is 2.28. The van der Waals surface area contributed by atoms with Crippen molar-refractivity contribution in [2.75, 3.05) is 32.7 Å². The molecule has 1 saturated carbocycles. The number of amides is 2. The summed E-state index contributed by atoms with van der Waals surface area (Å²) in [4.78, 5) is 31.5. The third-order valence-corrected chi connectivity index (χ3v) is 6.48. The van der Waals surface area contributed by atoms with Crippen LogP contribution >= 0.6 is 0 Å². The van der Waals surface area contributed by atoms with E-state index in [2.05, 4.69) is 4.90 Å². The molecule has 1 aromatic carbocycles. The van der Waals surface area contributed by atoms with Crippen LogP contribution in [0.3, 0.4) is 0 Å². The average Bonchev–Trinajstić information content (AvgIpc) is 2.91. The molecule has 0 bridgehead atoms. The molecule has 3 aliphatic rings. The highest BCUT2D eigenvalue weighted by molar-refractivity contribution is 5.87. The average molecular weight is 403 g/mol. The molecule has 3 fully saturated rings. The number of ether oxygens (including phenoxy) is 1. The first-order valence-corrected chi connectivity index (χ1v) is 10.7. The summed E-state index contributed by atoms with van der Waals surface area (Å²) in [6, 6.07) is 6.17. The minimum Gasteiger partial charge on any atom is -0.488 e. The van der Waals surface area contributed by atoms with Gasteiger partial charge in [-0.15, -0.1) is 0 Å². The Morgan fingerprint density at radius 1 is 1.10 bits per heavy atom. The third kappa shape index (κ3) is 4.55. The summed E-state index contributed by atoms with van der Waals surface area (Å²) in [6.45, 7) is 5.25. The van der Waals surface area contributed by atoms with Crippen LogP contribution in [0.2, 0.25) is 0 Å². The van der Waals surface area contributed by atoms with Crippen molar-refractivity contribution in [3.8, 4) is 5.75 Å². The fourth-order valence-corrected chi connectivity index (χ4v) is 4.68. The van der Waals surface area contributed by atoms with Gasteiger partial charge < -0.3 is 14.5 Å². The topological polar surface area (TPSA) is 53.1 Å². The minimum atomic E-state index is -0.499. The highest BCUT2D eigenvalue weighted by atomic mass is 19.1. The second-order valence-electron chi connectivity index (χ2n) is 8.42. The van der Waals surface area contributed by atoms with Crippen LogP contribution in [-0.2, 0) is 9.59 Å². The Kier molecular flexibility index (Phi) is 6.04. The zero-order chi connectivity index (χ0) is 20.4. The van der Waals surface area contributed by atoms with Crippen LogP contribution in [0.5, 0.6) is 5.75 Å². The molecule has 2 saturated heterocycles. The number of rotatable bonds is 4. The zero-order valence-corrected chi connectivity index (χ0v) is 17.1. The third-order valence-electron chi connectivity index (χ3n) is 6.48. The Hall–Kier alpha value is -2.15. The van der Waals surface area contributed by atoms with Crippen molar-refractivity contribution in [1.29, 1.82) is 0 Å². The maximum atomic E-state index is 13.4. The van der Waals surface area contributed by atoms with E-state index >= 15 is 0 Å². The molecular formula is C22H30FN3O3.